The van der Waals surface area contributed by atoms with Crippen molar-refractivity contribution >= 4 is 36.2 Å². The third-order valence-electron chi connectivity index (χ3n) is 1.86. The van der Waals surface area contributed by atoms with Gasteiger partial charge in [-0.1, -0.05) is 29.9 Å². The predicted octanol–water partition coefficient (Wildman–Crippen LogP) is 2.26. The first-order chi connectivity index (χ1) is 7.33. The van der Waals surface area contributed by atoms with E-state index in [0.717, 1.165) is 5.56 Å². The first-order valence-electron chi connectivity index (χ1n) is 4.55. The molecule has 0 N–H and O–H groups in total. The average molecular weight is 275 g/mol. The summed E-state index contributed by atoms with van der Waals surface area (Å²) in [5.74, 6) is 0. The number of aryl methyl sites for hydroxylation is 1. The van der Waals surface area contributed by atoms with Crippen molar-refractivity contribution in [1.82, 2.24) is 4.90 Å². The fourth-order valence-electron chi connectivity index (χ4n) is 0.921. The van der Waals surface area contributed by atoms with Crippen molar-refractivity contribution < 1.29 is 8.42 Å². The summed E-state index contributed by atoms with van der Waals surface area (Å²) in [6.07, 6.45) is 0. The van der Waals surface area contributed by atoms with E-state index in [2.05, 4.69) is 0 Å². The monoisotopic (exact) mass is 275 g/mol. The van der Waals surface area contributed by atoms with Gasteiger partial charge < -0.3 is 4.90 Å². The number of nitrogens with zero attached hydrogens (tertiary/aromatic N) is 1. The third kappa shape index (κ3) is 3.47. The lowest BCUT2D eigenvalue weighted by molar-refractivity contribution is 0.610. The number of hydrogen-bond donors (Lipinski definition) is 0. The lowest BCUT2D eigenvalue weighted by Gasteiger charge is -2.12. The minimum Gasteiger partial charge on any atom is -0.363 e. The van der Waals surface area contributed by atoms with Crippen molar-refractivity contribution in [3.8, 4) is 0 Å². The van der Waals surface area contributed by atoms with E-state index in [0.29, 0.717) is 15.1 Å². The summed E-state index contributed by atoms with van der Waals surface area (Å²) >= 11 is 4.96. The van der Waals surface area contributed by atoms with Gasteiger partial charge in [-0.2, -0.15) is 0 Å². The molecule has 0 unspecified atom stereocenters. The summed E-state index contributed by atoms with van der Waals surface area (Å²) < 4.78 is 24.1. The van der Waals surface area contributed by atoms with E-state index in [-0.39, 0.29) is 4.90 Å². The molecule has 6 heteroatoms. The van der Waals surface area contributed by atoms with Crippen LogP contribution >= 0.6 is 23.0 Å². The molecule has 1 aromatic carbocycles. The van der Waals surface area contributed by atoms with E-state index >= 15 is 0 Å². The molecule has 0 aliphatic carbocycles. The summed E-state index contributed by atoms with van der Waals surface area (Å²) in [6, 6.07) is 6.73. The molecule has 16 heavy (non-hydrogen) atoms. The molecule has 88 valence electrons. The SMILES string of the molecule is Cc1ccc(S(=O)(=O)SC(=S)N(C)C)cc1. The fourth-order valence-corrected chi connectivity index (χ4v) is 4.26. The maximum Gasteiger partial charge on any atom is 0.236 e. The molecule has 0 atom stereocenters. The van der Waals surface area contributed by atoms with Crippen LogP contribution in [-0.2, 0) is 8.87 Å². The van der Waals surface area contributed by atoms with Crippen LogP contribution < -0.4 is 0 Å². The minimum atomic E-state index is -3.39. The first kappa shape index (κ1) is 13.5. The van der Waals surface area contributed by atoms with Gasteiger partial charge in [-0.25, -0.2) is 8.42 Å². The topological polar surface area (TPSA) is 37.4 Å². The summed E-state index contributed by atoms with van der Waals surface area (Å²) in [4.78, 5) is 1.89. The Hall–Kier alpha value is -0.590. The van der Waals surface area contributed by atoms with Crippen LogP contribution in [0.2, 0.25) is 0 Å². The zero-order chi connectivity index (χ0) is 12.3. The van der Waals surface area contributed by atoms with Gasteiger partial charge in [-0.3, -0.25) is 0 Å². The molecule has 0 aliphatic rings. The lowest BCUT2D eigenvalue weighted by Crippen LogP contribution is -2.18. The fraction of sp³-hybridized carbons (Fsp3) is 0.300. The molecule has 0 aromatic heterocycles. The van der Waals surface area contributed by atoms with Crippen molar-refractivity contribution in [2.75, 3.05) is 14.1 Å². The molecular formula is C10H13NO2S3. The summed E-state index contributed by atoms with van der Waals surface area (Å²) in [5, 5.41) is 0. The highest BCUT2D eigenvalue weighted by atomic mass is 33.1. The highest BCUT2D eigenvalue weighted by Gasteiger charge is 2.18. The van der Waals surface area contributed by atoms with E-state index in [1.54, 1.807) is 43.3 Å². The van der Waals surface area contributed by atoms with E-state index in [1.165, 1.54) is 0 Å². The summed E-state index contributed by atoms with van der Waals surface area (Å²) in [5.41, 5.74) is 1.03. The normalized spacial score (nSPS) is 11.2. The van der Waals surface area contributed by atoms with Crippen molar-refractivity contribution in [3.63, 3.8) is 0 Å². The predicted molar refractivity (Wildman–Crippen MR) is 72.2 cm³/mol. The van der Waals surface area contributed by atoms with Gasteiger partial charge in [0.05, 0.1) is 4.90 Å². The molecule has 0 spiro atoms. The molecule has 0 amide bonds. The maximum atomic E-state index is 11.9. The van der Waals surface area contributed by atoms with Crippen LogP contribution in [0.25, 0.3) is 0 Å². The van der Waals surface area contributed by atoms with Crippen molar-refractivity contribution in [1.29, 1.82) is 0 Å². The van der Waals surface area contributed by atoms with Crippen molar-refractivity contribution in [2.45, 2.75) is 11.8 Å². The zero-order valence-electron chi connectivity index (χ0n) is 9.30. The van der Waals surface area contributed by atoms with E-state index in [9.17, 15) is 8.42 Å². The number of rotatable bonds is 2. The highest BCUT2D eigenvalue weighted by Crippen LogP contribution is 2.25. The van der Waals surface area contributed by atoms with Gasteiger partial charge in [0.25, 0.3) is 0 Å². The van der Waals surface area contributed by atoms with Crippen LogP contribution in [-0.4, -0.2) is 31.7 Å². The second-order valence-corrected chi connectivity index (χ2v) is 7.91. The molecule has 0 heterocycles. The molecule has 3 nitrogen and oxygen atoms in total. The van der Waals surface area contributed by atoms with E-state index in [4.69, 9.17) is 12.2 Å². The van der Waals surface area contributed by atoms with Gasteiger partial charge in [0.2, 0.25) is 8.87 Å². The first-order valence-corrected chi connectivity index (χ1v) is 7.78. The molecule has 0 radical (unpaired) electrons. The largest absolute Gasteiger partial charge is 0.363 e. The lowest BCUT2D eigenvalue weighted by atomic mass is 10.2. The van der Waals surface area contributed by atoms with Crippen LogP contribution in [0, 0.1) is 6.92 Å². The third-order valence-corrected chi connectivity index (χ3v) is 6.07. The van der Waals surface area contributed by atoms with Gasteiger partial charge in [0.15, 0.2) is 4.32 Å². The Morgan fingerprint density at radius 2 is 1.75 bits per heavy atom. The average Bonchev–Trinajstić information content (AvgIpc) is 2.17. The molecule has 1 rings (SSSR count). The van der Waals surface area contributed by atoms with Crippen LogP contribution in [0.15, 0.2) is 29.2 Å². The van der Waals surface area contributed by atoms with Gasteiger partial charge >= 0.3 is 0 Å². The smallest absolute Gasteiger partial charge is 0.236 e. The Morgan fingerprint density at radius 3 is 2.19 bits per heavy atom. The molecule has 0 aliphatic heterocycles. The van der Waals surface area contributed by atoms with Gasteiger partial charge in [-0.15, -0.1) is 0 Å². The summed E-state index contributed by atoms with van der Waals surface area (Å²) in [6.45, 7) is 1.91. The number of thiocarbonyl (C=S) groups is 1. The Morgan fingerprint density at radius 1 is 1.25 bits per heavy atom. The van der Waals surface area contributed by atoms with Crippen LogP contribution in [0.5, 0.6) is 0 Å². The quantitative estimate of drug-likeness (QED) is 0.611. The van der Waals surface area contributed by atoms with Crippen molar-refractivity contribution in [2.24, 2.45) is 0 Å². The molecule has 1 aromatic rings. The number of hydrogen-bond acceptors (Lipinski definition) is 4. The Bertz CT molecular complexity index is 477. The Labute approximate surface area is 105 Å². The number of benzene rings is 1. The summed E-state index contributed by atoms with van der Waals surface area (Å²) in [7, 11) is 0.755. The second-order valence-electron chi connectivity index (χ2n) is 3.51. The van der Waals surface area contributed by atoms with Crippen LogP contribution in [0.1, 0.15) is 5.56 Å². The van der Waals surface area contributed by atoms with Crippen LogP contribution in [0.3, 0.4) is 0 Å². The highest BCUT2D eigenvalue weighted by molar-refractivity contribution is 8.79. The van der Waals surface area contributed by atoms with E-state index in [1.807, 2.05) is 6.92 Å². The van der Waals surface area contributed by atoms with Gasteiger partial charge in [0, 0.05) is 24.9 Å². The molecule has 0 saturated carbocycles. The Kier molecular flexibility index (Phi) is 4.35. The second kappa shape index (κ2) is 5.16. The standard InChI is InChI=1S/C10H13NO2S3/c1-8-4-6-9(7-5-8)16(12,13)15-10(14)11(2)3/h4-7H,1-3H3. The Balaban J connectivity index is 2.95. The van der Waals surface area contributed by atoms with Gasteiger partial charge in [0.1, 0.15) is 0 Å². The van der Waals surface area contributed by atoms with Crippen LogP contribution in [0.4, 0.5) is 0 Å². The van der Waals surface area contributed by atoms with Gasteiger partial charge in [-0.05, 0) is 19.1 Å². The molecule has 0 saturated heterocycles. The molecule has 0 bridgehead atoms. The zero-order valence-corrected chi connectivity index (χ0v) is 11.7. The molecular weight excluding hydrogens is 262 g/mol. The van der Waals surface area contributed by atoms with E-state index < -0.39 is 8.87 Å². The minimum absolute atomic E-state index is 0.285. The maximum absolute atomic E-state index is 11.9. The molecule has 0 fully saturated rings. The van der Waals surface area contributed by atoms with Crippen molar-refractivity contribution in [3.05, 3.63) is 29.8 Å².